The van der Waals surface area contributed by atoms with E-state index in [-0.39, 0.29) is 5.78 Å². The average molecular weight is 271 g/mol. The summed E-state index contributed by atoms with van der Waals surface area (Å²) in [7, 11) is 0. The first-order valence-electron chi connectivity index (χ1n) is 4.65. The van der Waals surface area contributed by atoms with Crippen LogP contribution in [0.4, 0.5) is 0 Å². The van der Waals surface area contributed by atoms with Crippen molar-refractivity contribution in [3.05, 3.63) is 55.7 Å². The standard InChI is InChI=1S/C12H8Cl2OS/c1-7-6-10(16-12(7)14)11(15)8-4-2-3-5-9(8)13/h2-6H,1H3. The largest absolute Gasteiger partial charge is 0.288 e. The zero-order chi connectivity index (χ0) is 11.7. The molecule has 0 N–H and O–H groups in total. The fourth-order valence-corrected chi connectivity index (χ4v) is 2.73. The van der Waals surface area contributed by atoms with Crippen molar-refractivity contribution in [3.8, 4) is 0 Å². The minimum absolute atomic E-state index is 0.0781. The maximum Gasteiger partial charge on any atom is 0.204 e. The molecule has 1 heterocycles. The number of thiophene rings is 1. The molecule has 82 valence electrons. The minimum Gasteiger partial charge on any atom is -0.288 e. The highest BCUT2D eigenvalue weighted by Gasteiger charge is 2.15. The van der Waals surface area contributed by atoms with Crippen molar-refractivity contribution in [2.24, 2.45) is 0 Å². The predicted molar refractivity (Wildman–Crippen MR) is 69.0 cm³/mol. The molecule has 0 spiro atoms. The van der Waals surface area contributed by atoms with Gasteiger partial charge in [0.15, 0.2) is 0 Å². The molecular formula is C12H8Cl2OS. The lowest BCUT2D eigenvalue weighted by atomic mass is 10.1. The number of hydrogen-bond donors (Lipinski definition) is 0. The Labute approximate surface area is 108 Å². The van der Waals surface area contributed by atoms with Crippen LogP contribution in [-0.4, -0.2) is 5.78 Å². The Hall–Kier alpha value is -0.830. The van der Waals surface area contributed by atoms with Crippen LogP contribution in [0.5, 0.6) is 0 Å². The van der Waals surface area contributed by atoms with Gasteiger partial charge in [-0.25, -0.2) is 0 Å². The van der Waals surface area contributed by atoms with Crippen LogP contribution in [0, 0.1) is 6.92 Å². The number of carbonyl (C=O) groups excluding carboxylic acids is 1. The van der Waals surface area contributed by atoms with E-state index in [4.69, 9.17) is 23.2 Å². The van der Waals surface area contributed by atoms with Crippen molar-refractivity contribution in [3.63, 3.8) is 0 Å². The number of aryl methyl sites for hydroxylation is 1. The maximum atomic E-state index is 12.1. The first-order valence-corrected chi connectivity index (χ1v) is 6.22. The fourth-order valence-electron chi connectivity index (χ4n) is 1.35. The van der Waals surface area contributed by atoms with E-state index in [1.807, 2.05) is 6.92 Å². The van der Waals surface area contributed by atoms with Gasteiger partial charge in [0, 0.05) is 5.56 Å². The summed E-state index contributed by atoms with van der Waals surface area (Å²) in [5.74, 6) is -0.0781. The predicted octanol–water partition coefficient (Wildman–Crippen LogP) is 4.59. The highest BCUT2D eigenvalue weighted by molar-refractivity contribution is 7.18. The van der Waals surface area contributed by atoms with E-state index in [0.29, 0.717) is 19.8 Å². The molecule has 0 fully saturated rings. The SMILES string of the molecule is Cc1cc(C(=O)c2ccccc2Cl)sc1Cl. The molecule has 1 aromatic heterocycles. The molecule has 0 aliphatic carbocycles. The van der Waals surface area contributed by atoms with E-state index in [1.165, 1.54) is 11.3 Å². The molecule has 0 saturated heterocycles. The van der Waals surface area contributed by atoms with Crippen LogP contribution in [0.25, 0.3) is 0 Å². The van der Waals surface area contributed by atoms with Crippen molar-refractivity contribution in [2.45, 2.75) is 6.92 Å². The molecule has 0 radical (unpaired) electrons. The molecular weight excluding hydrogens is 263 g/mol. The van der Waals surface area contributed by atoms with E-state index in [0.717, 1.165) is 5.56 Å². The summed E-state index contributed by atoms with van der Waals surface area (Å²) in [6.45, 7) is 1.88. The quantitative estimate of drug-likeness (QED) is 0.730. The van der Waals surface area contributed by atoms with E-state index in [2.05, 4.69) is 0 Å². The molecule has 4 heteroatoms. The third-order valence-corrected chi connectivity index (χ3v) is 4.08. The minimum atomic E-state index is -0.0781. The number of ketones is 1. The van der Waals surface area contributed by atoms with Crippen LogP contribution in [0.15, 0.2) is 30.3 Å². The second kappa shape index (κ2) is 4.58. The summed E-state index contributed by atoms with van der Waals surface area (Å²) in [5, 5.41) is 0.467. The number of benzene rings is 1. The van der Waals surface area contributed by atoms with Gasteiger partial charge in [-0.3, -0.25) is 4.79 Å². The summed E-state index contributed by atoms with van der Waals surface area (Å²) in [6, 6.07) is 8.80. The van der Waals surface area contributed by atoms with Crippen LogP contribution in [-0.2, 0) is 0 Å². The Morgan fingerprint density at radius 1 is 1.25 bits per heavy atom. The molecule has 2 aromatic rings. The molecule has 2 rings (SSSR count). The third kappa shape index (κ3) is 2.14. The first-order chi connectivity index (χ1) is 7.59. The third-order valence-electron chi connectivity index (χ3n) is 2.20. The number of halogens is 2. The molecule has 0 bridgehead atoms. The van der Waals surface area contributed by atoms with Gasteiger partial charge in [0.25, 0.3) is 0 Å². The number of carbonyl (C=O) groups is 1. The van der Waals surface area contributed by atoms with Gasteiger partial charge < -0.3 is 0 Å². The summed E-state index contributed by atoms with van der Waals surface area (Å²) in [5.41, 5.74) is 1.43. The van der Waals surface area contributed by atoms with E-state index < -0.39 is 0 Å². The van der Waals surface area contributed by atoms with Gasteiger partial charge in [0.1, 0.15) is 0 Å². The van der Waals surface area contributed by atoms with Gasteiger partial charge in [-0.1, -0.05) is 35.3 Å². The van der Waals surface area contributed by atoms with Crippen molar-refractivity contribution in [2.75, 3.05) is 0 Å². The zero-order valence-corrected chi connectivity index (χ0v) is 10.8. The van der Waals surface area contributed by atoms with Crippen LogP contribution in [0.3, 0.4) is 0 Å². The lowest BCUT2D eigenvalue weighted by Crippen LogP contribution is -1.98. The molecule has 0 atom stereocenters. The van der Waals surface area contributed by atoms with Crippen LogP contribution >= 0.6 is 34.5 Å². The molecule has 0 saturated carbocycles. The Kier molecular flexibility index (Phi) is 3.33. The summed E-state index contributed by atoms with van der Waals surface area (Å²) in [4.78, 5) is 12.7. The lowest BCUT2D eigenvalue weighted by Gasteiger charge is -1.99. The van der Waals surface area contributed by atoms with Gasteiger partial charge in [0.2, 0.25) is 5.78 Å². The van der Waals surface area contributed by atoms with Crippen molar-refractivity contribution >= 4 is 40.3 Å². The molecule has 0 aliphatic rings. The van der Waals surface area contributed by atoms with Gasteiger partial charge in [-0.15, -0.1) is 11.3 Å². The Balaban J connectivity index is 2.43. The van der Waals surface area contributed by atoms with Crippen LogP contribution in [0.2, 0.25) is 9.36 Å². The van der Waals surface area contributed by atoms with Gasteiger partial charge in [-0.05, 0) is 30.7 Å². The molecule has 0 unspecified atom stereocenters. The molecule has 0 aliphatic heterocycles. The van der Waals surface area contributed by atoms with Crippen LogP contribution in [0.1, 0.15) is 20.8 Å². The van der Waals surface area contributed by atoms with Crippen LogP contribution < -0.4 is 0 Å². The van der Waals surface area contributed by atoms with E-state index >= 15 is 0 Å². The Morgan fingerprint density at radius 3 is 2.50 bits per heavy atom. The summed E-state index contributed by atoms with van der Waals surface area (Å²) < 4.78 is 0.649. The summed E-state index contributed by atoms with van der Waals surface area (Å²) in [6.07, 6.45) is 0. The first kappa shape index (κ1) is 11.6. The molecule has 0 amide bonds. The fraction of sp³-hybridized carbons (Fsp3) is 0.0833. The normalized spacial score (nSPS) is 10.4. The Morgan fingerprint density at radius 2 is 1.94 bits per heavy atom. The van der Waals surface area contributed by atoms with Gasteiger partial charge in [-0.2, -0.15) is 0 Å². The molecule has 1 nitrogen and oxygen atoms in total. The number of rotatable bonds is 2. The van der Waals surface area contributed by atoms with Gasteiger partial charge in [0.05, 0.1) is 14.2 Å². The number of hydrogen-bond acceptors (Lipinski definition) is 2. The monoisotopic (exact) mass is 270 g/mol. The topological polar surface area (TPSA) is 17.1 Å². The second-order valence-corrected chi connectivity index (χ2v) is 5.44. The highest BCUT2D eigenvalue weighted by atomic mass is 35.5. The van der Waals surface area contributed by atoms with E-state index in [9.17, 15) is 4.79 Å². The van der Waals surface area contributed by atoms with Crippen molar-refractivity contribution in [1.82, 2.24) is 0 Å². The van der Waals surface area contributed by atoms with E-state index in [1.54, 1.807) is 30.3 Å². The molecule has 16 heavy (non-hydrogen) atoms. The Bertz CT molecular complexity index is 526. The van der Waals surface area contributed by atoms with Gasteiger partial charge >= 0.3 is 0 Å². The maximum absolute atomic E-state index is 12.1. The summed E-state index contributed by atoms with van der Waals surface area (Å²) >= 11 is 13.2. The van der Waals surface area contributed by atoms with Crippen molar-refractivity contribution in [1.29, 1.82) is 0 Å². The molecule has 1 aromatic carbocycles. The second-order valence-electron chi connectivity index (χ2n) is 3.38. The smallest absolute Gasteiger partial charge is 0.204 e. The highest BCUT2D eigenvalue weighted by Crippen LogP contribution is 2.29. The average Bonchev–Trinajstić information content (AvgIpc) is 2.59. The van der Waals surface area contributed by atoms with Crippen molar-refractivity contribution < 1.29 is 4.79 Å². The lowest BCUT2D eigenvalue weighted by molar-refractivity contribution is 0.104. The zero-order valence-electron chi connectivity index (χ0n) is 8.46.